The van der Waals surface area contributed by atoms with Gasteiger partial charge in [-0.2, -0.15) is 0 Å². The van der Waals surface area contributed by atoms with Crippen molar-refractivity contribution in [3.8, 4) is 0 Å². The summed E-state index contributed by atoms with van der Waals surface area (Å²) < 4.78 is 0. The van der Waals surface area contributed by atoms with Gasteiger partial charge in [0.05, 0.1) is 13.5 Å². The molecule has 1 rings (SSSR count). The minimum Gasteiger partial charge on any atom is -0.304 e. The molecule has 0 aliphatic rings. The highest BCUT2D eigenvalue weighted by molar-refractivity contribution is 6.15. The third-order valence-electron chi connectivity index (χ3n) is 1.87. The Bertz CT molecular complexity index is 372. The van der Waals surface area contributed by atoms with Crippen molar-refractivity contribution in [1.82, 2.24) is 0 Å². The Morgan fingerprint density at radius 3 is 2.56 bits per heavy atom. The fraction of sp³-hybridized carbons (Fsp3) is 0.231. The number of hydrogen-bond donors (Lipinski definition) is 0. The van der Waals surface area contributed by atoms with Crippen LogP contribution in [0.4, 0.5) is 5.69 Å². The van der Waals surface area contributed by atoms with E-state index in [1.807, 2.05) is 44.2 Å². The van der Waals surface area contributed by atoms with Crippen LogP contribution >= 0.6 is 0 Å². The molecule has 3 heteroatoms. The highest BCUT2D eigenvalue weighted by atomic mass is 16.1. The minimum atomic E-state index is 0.139. The number of carbonyl (C=O) groups is 1. The second-order valence-corrected chi connectivity index (χ2v) is 3.07. The van der Waals surface area contributed by atoms with Crippen LogP contribution in [-0.4, -0.2) is 20.8 Å². The zero-order valence-corrected chi connectivity index (χ0v) is 9.81. The lowest BCUT2D eigenvalue weighted by molar-refractivity contribution is -0.106. The molecule has 0 unspecified atom stereocenters. The molecule has 82 valence electrons. The standard InChI is InChI=1S/C11H13N.C2H3BO/c1-4-6-10-8-5-7-9(2)11(10)12-3;3-1-2-4/h4-8H,3H2,1-2H3;2H,1H2/b6-4-;. The molecule has 0 heterocycles. The Morgan fingerprint density at radius 1 is 1.50 bits per heavy atom. The molecular weight excluding hydrogens is 197 g/mol. The van der Waals surface area contributed by atoms with Gasteiger partial charge in [0.1, 0.15) is 6.29 Å². The molecule has 2 radical (unpaired) electrons. The van der Waals surface area contributed by atoms with Gasteiger partial charge < -0.3 is 4.79 Å². The fourth-order valence-electron chi connectivity index (χ4n) is 1.21. The fourth-order valence-corrected chi connectivity index (χ4v) is 1.21. The Morgan fingerprint density at radius 2 is 2.12 bits per heavy atom. The Balaban J connectivity index is 0.000000487. The van der Waals surface area contributed by atoms with Crippen molar-refractivity contribution < 1.29 is 4.79 Å². The average molecular weight is 213 g/mol. The van der Waals surface area contributed by atoms with Crippen molar-refractivity contribution in [3.05, 3.63) is 35.4 Å². The first-order valence-corrected chi connectivity index (χ1v) is 5.04. The summed E-state index contributed by atoms with van der Waals surface area (Å²) in [5.74, 6) is 0. The average Bonchev–Trinajstić information content (AvgIpc) is 2.30. The summed E-state index contributed by atoms with van der Waals surface area (Å²) >= 11 is 0. The first-order valence-electron chi connectivity index (χ1n) is 5.04. The maximum absolute atomic E-state index is 9.05. The number of benzene rings is 1. The maximum Gasteiger partial charge on any atom is 0.111 e. The Labute approximate surface area is 98.5 Å². The van der Waals surface area contributed by atoms with Crippen LogP contribution < -0.4 is 0 Å². The van der Waals surface area contributed by atoms with Crippen LogP contribution in [0, 0.1) is 6.92 Å². The van der Waals surface area contributed by atoms with Crippen molar-refractivity contribution in [3.63, 3.8) is 0 Å². The topological polar surface area (TPSA) is 29.4 Å². The molecule has 1 aromatic carbocycles. The molecule has 2 nitrogen and oxygen atoms in total. The van der Waals surface area contributed by atoms with Crippen LogP contribution in [0.1, 0.15) is 18.1 Å². The van der Waals surface area contributed by atoms with Gasteiger partial charge in [0.15, 0.2) is 0 Å². The normalized spacial score (nSPS) is 9.38. The third kappa shape index (κ3) is 4.74. The number of para-hydroxylation sites is 1. The second kappa shape index (κ2) is 8.66. The Hall–Kier alpha value is -1.64. The van der Waals surface area contributed by atoms with E-state index >= 15 is 0 Å². The van der Waals surface area contributed by atoms with Crippen molar-refractivity contribution in [1.29, 1.82) is 0 Å². The number of allylic oxidation sites excluding steroid dienone is 1. The van der Waals surface area contributed by atoms with Crippen molar-refractivity contribution >= 4 is 32.6 Å². The van der Waals surface area contributed by atoms with Gasteiger partial charge in [0.2, 0.25) is 0 Å². The van der Waals surface area contributed by atoms with Gasteiger partial charge in [0, 0.05) is 5.56 Å². The van der Waals surface area contributed by atoms with Crippen LogP contribution in [-0.2, 0) is 4.79 Å². The first kappa shape index (κ1) is 14.4. The number of aryl methyl sites for hydroxylation is 1. The van der Waals surface area contributed by atoms with Crippen molar-refractivity contribution in [2.24, 2.45) is 4.99 Å². The number of hydrogen-bond acceptors (Lipinski definition) is 2. The number of carbonyl (C=O) groups excluding carboxylic acids is 1. The predicted octanol–water partition coefficient (Wildman–Crippen LogP) is 3.13. The molecule has 0 N–H and O–H groups in total. The molecule has 16 heavy (non-hydrogen) atoms. The third-order valence-corrected chi connectivity index (χ3v) is 1.87. The van der Waals surface area contributed by atoms with E-state index in [-0.39, 0.29) is 6.32 Å². The van der Waals surface area contributed by atoms with Gasteiger partial charge in [0.25, 0.3) is 0 Å². The summed E-state index contributed by atoms with van der Waals surface area (Å²) in [7, 11) is 4.66. The molecule has 0 spiro atoms. The van der Waals surface area contributed by atoms with E-state index in [1.54, 1.807) is 0 Å². The smallest absolute Gasteiger partial charge is 0.111 e. The maximum atomic E-state index is 9.05. The number of nitrogens with zero attached hydrogens (tertiary/aromatic N) is 1. The summed E-state index contributed by atoms with van der Waals surface area (Å²) in [5, 5.41) is 0. The van der Waals surface area contributed by atoms with E-state index in [9.17, 15) is 0 Å². The molecule has 0 bridgehead atoms. The van der Waals surface area contributed by atoms with Gasteiger partial charge in [-0.25, -0.2) is 0 Å². The highest BCUT2D eigenvalue weighted by Crippen LogP contribution is 2.24. The van der Waals surface area contributed by atoms with E-state index < -0.39 is 0 Å². The van der Waals surface area contributed by atoms with E-state index in [1.165, 1.54) is 5.56 Å². The number of rotatable bonds is 3. The number of aliphatic imine (C=N–C) groups is 1. The summed E-state index contributed by atoms with van der Waals surface area (Å²) in [5.41, 5.74) is 3.28. The molecule has 0 amide bonds. The van der Waals surface area contributed by atoms with Gasteiger partial charge in [-0.05, 0) is 32.4 Å². The highest BCUT2D eigenvalue weighted by Gasteiger charge is 1.98. The zero-order chi connectivity index (χ0) is 12.4. The van der Waals surface area contributed by atoms with Crippen LogP contribution in [0.5, 0.6) is 0 Å². The molecule has 0 saturated carbocycles. The SMILES string of the molecule is C=Nc1c(C)cccc1/C=C\C.[B]CC=O. The predicted molar refractivity (Wildman–Crippen MR) is 71.7 cm³/mol. The minimum absolute atomic E-state index is 0.139. The lowest BCUT2D eigenvalue weighted by Crippen LogP contribution is -1.78. The van der Waals surface area contributed by atoms with Crippen molar-refractivity contribution in [2.75, 3.05) is 0 Å². The molecule has 0 aromatic heterocycles. The molecule has 0 saturated heterocycles. The van der Waals surface area contributed by atoms with Crippen LogP contribution in [0.25, 0.3) is 6.08 Å². The second-order valence-electron chi connectivity index (χ2n) is 3.07. The van der Waals surface area contributed by atoms with E-state index in [0.29, 0.717) is 6.29 Å². The molecule has 0 aliphatic carbocycles. The van der Waals surface area contributed by atoms with Gasteiger partial charge in [-0.15, -0.1) is 0 Å². The summed E-state index contributed by atoms with van der Waals surface area (Å²) in [4.78, 5) is 13.0. The Kier molecular flexibility index (Phi) is 7.77. The first-order chi connectivity index (χ1) is 7.71. The van der Waals surface area contributed by atoms with E-state index in [2.05, 4.69) is 19.6 Å². The van der Waals surface area contributed by atoms with Gasteiger partial charge in [-0.3, -0.25) is 4.99 Å². The zero-order valence-electron chi connectivity index (χ0n) is 9.81. The molecule has 0 atom stereocenters. The van der Waals surface area contributed by atoms with Gasteiger partial charge >= 0.3 is 0 Å². The lowest BCUT2D eigenvalue weighted by Gasteiger charge is -2.02. The van der Waals surface area contributed by atoms with Crippen LogP contribution in [0.15, 0.2) is 29.3 Å². The van der Waals surface area contributed by atoms with Gasteiger partial charge in [-0.1, -0.05) is 30.4 Å². The van der Waals surface area contributed by atoms with Crippen LogP contribution in [0.2, 0.25) is 6.32 Å². The quantitative estimate of drug-likeness (QED) is 0.430. The molecule has 0 aliphatic heterocycles. The van der Waals surface area contributed by atoms with Crippen LogP contribution in [0.3, 0.4) is 0 Å². The summed E-state index contributed by atoms with van der Waals surface area (Å²) in [6.45, 7) is 7.58. The molecule has 1 aromatic rings. The van der Waals surface area contributed by atoms with E-state index in [0.717, 1.165) is 11.3 Å². The number of aldehydes is 1. The molecular formula is C13H16BNO. The van der Waals surface area contributed by atoms with E-state index in [4.69, 9.17) is 4.79 Å². The lowest BCUT2D eigenvalue weighted by atomic mass is 10.1. The molecule has 0 fully saturated rings. The summed E-state index contributed by atoms with van der Waals surface area (Å²) in [6.07, 6.45) is 4.83. The van der Waals surface area contributed by atoms with Crippen molar-refractivity contribution in [2.45, 2.75) is 20.2 Å². The monoisotopic (exact) mass is 213 g/mol. The summed E-state index contributed by atoms with van der Waals surface area (Å²) in [6, 6.07) is 6.10. The largest absolute Gasteiger partial charge is 0.304 e.